The Morgan fingerprint density at radius 2 is 1.88 bits per heavy atom. The molecule has 4 heterocycles. The second kappa shape index (κ2) is 9.53. The van der Waals surface area contributed by atoms with Crippen LogP contribution in [0.25, 0.3) is 0 Å². The molecule has 0 radical (unpaired) electrons. The summed E-state index contributed by atoms with van der Waals surface area (Å²) >= 11 is 0. The molecule has 1 fully saturated rings. The third kappa shape index (κ3) is 4.67. The molecule has 2 aliphatic heterocycles. The summed E-state index contributed by atoms with van der Waals surface area (Å²) in [5.74, 6) is 3.07. The lowest BCUT2D eigenvalue weighted by molar-refractivity contribution is 0.208. The van der Waals surface area contributed by atoms with Crippen LogP contribution in [0.5, 0.6) is 0 Å². The average molecular weight is 431 g/mol. The number of aliphatic hydroxyl groups excluding tert-OH is 1. The van der Waals surface area contributed by atoms with Gasteiger partial charge in [0.2, 0.25) is 0 Å². The normalized spacial score (nSPS) is 18.3. The maximum absolute atomic E-state index is 9.49. The molecular formula is C25H30N6O. The minimum Gasteiger partial charge on any atom is -0.396 e. The summed E-state index contributed by atoms with van der Waals surface area (Å²) in [4.78, 5) is 18.1. The molecule has 7 nitrogen and oxygen atoms in total. The van der Waals surface area contributed by atoms with E-state index in [1.54, 1.807) is 6.33 Å². The molecule has 32 heavy (non-hydrogen) atoms. The van der Waals surface area contributed by atoms with Gasteiger partial charge in [-0.2, -0.15) is 0 Å². The lowest BCUT2D eigenvalue weighted by Crippen LogP contribution is -2.37. The van der Waals surface area contributed by atoms with Crippen molar-refractivity contribution >= 4 is 17.5 Å². The Hall–Kier alpha value is -3.19. The van der Waals surface area contributed by atoms with Gasteiger partial charge >= 0.3 is 0 Å². The zero-order chi connectivity index (χ0) is 21.8. The molecule has 1 atom stereocenters. The first-order valence-corrected chi connectivity index (χ1v) is 11.5. The predicted octanol–water partition coefficient (Wildman–Crippen LogP) is 3.26. The molecule has 5 rings (SSSR count). The van der Waals surface area contributed by atoms with Crippen LogP contribution in [0.2, 0.25) is 0 Å². The van der Waals surface area contributed by atoms with Gasteiger partial charge in [-0.3, -0.25) is 0 Å². The number of hydrogen-bond acceptors (Lipinski definition) is 7. The van der Waals surface area contributed by atoms with Gasteiger partial charge in [-0.05, 0) is 47.9 Å². The maximum atomic E-state index is 9.49. The van der Waals surface area contributed by atoms with Crippen LogP contribution in [-0.2, 0) is 19.5 Å². The summed E-state index contributed by atoms with van der Waals surface area (Å²) in [5, 5.41) is 12.9. The van der Waals surface area contributed by atoms with Gasteiger partial charge in [0, 0.05) is 51.6 Å². The zero-order valence-corrected chi connectivity index (χ0v) is 18.3. The van der Waals surface area contributed by atoms with Crippen molar-refractivity contribution < 1.29 is 5.11 Å². The van der Waals surface area contributed by atoms with Gasteiger partial charge in [-0.25, -0.2) is 15.0 Å². The molecule has 166 valence electrons. The molecule has 0 bridgehead atoms. The first kappa shape index (κ1) is 20.7. The van der Waals surface area contributed by atoms with Gasteiger partial charge in [0.15, 0.2) is 0 Å². The Morgan fingerprint density at radius 1 is 0.969 bits per heavy atom. The number of hydrogen-bond donors (Lipinski definition) is 2. The fourth-order valence-electron chi connectivity index (χ4n) is 4.63. The highest BCUT2D eigenvalue weighted by atomic mass is 16.3. The van der Waals surface area contributed by atoms with Crippen LogP contribution in [0.1, 0.15) is 29.5 Å². The largest absolute Gasteiger partial charge is 0.396 e. The average Bonchev–Trinajstić information content (AvgIpc) is 2.88. The van der Waals surface area contributed by atoms with Gasteiger partial charge in [-0.1, -0.05) is 30.3 Å². The molecule has 2 aliphatic rings. The van der Waals surface area contributed by atoms with E-state index in [1.807, 2.05) is 12.3 Å². The van der Waals surface area contributed by atoms with E-state index in [4.69, 9.17) is 4.98 Å². The zero-order valence-electron chi connectivity index (χ0n) is 18.3. The number of nitrogens with zero attached hydrogens (tertiary/aromatic N) is 5. The predicted molar refractivity (Wildman–Crippen MR) is 127 cm³/mol. The van der Waals surface area contributed by atoms with Gasteiger partial charge in [0.05, 0.1) is 0 Å². The molecule has 0 aliphatic carbocycles. The maximum Gasteiger partial charge on any atom is 0.134 e. The highest BCUT2D eigenvalue weighted by Crippen LogP contribution is 2.24. The molecule has 0 saturated carbocycles. The highest BCUT2D eigenvalue weighted by molar-refractivity contribution is 5.49. The SMILES string of the molecule is OCC1CCCN(c2cc(NCc3ccc(N4CCc5ccccc5C4)nc3)ncn2)C1. The summed E-state index contributed by atoms with van der Waals surface area (Å²) in [6.07, 6.45) is 6.78. The molecule has 1 saturated heterocycles. The molecule has 7 heteroatoms. The minimum absolute atomic E-state index is 0.236. The van der Waals surface area contributed by atoms with Gasteiger partial charge in [0.25, 0.3) is 0 Å². The van der Waals surface area contributed by atoms with Crippen LogP contribution in [-0.4, -0.2) is 46.3 Å². The van der Waals surface area contributed by atoms with Crippen molar-refractivity contribution in [2.75, 3.05) is 41.4 Å². The van der Waals surface area contributed by atoms with Crippen molar-refractivity contribution in [2.24, 2.45) is 5.92 Å². The van der Waals surface area contributed by atoms with Crippen LogP contribution in [0.4, 0.5) is 17.5 Å². The van der Waals surface area contributed by atoms with Gasteiger partial charge in [0.1, 0.15) is 23.8 Å². The van der Waals surface area contributed by atoms with Crippen LogP contribution < -0.4 is 15.1 Å². The molecule has 2 N–H and O–H groups in total. The van der Waals surface area contributed by atoms with Gasteiger partial charge < -0.3 is 20.2 Å². The van der Waals surface area contributed by atoms with Crippen LogP contribution in [0.3, 0.4) is 0 Å². The Morgan fingerprint density at radius 3 is 2.72 bits per heavy atom. The van der Waals surface area contributed by atoms with Crippen molar-refractivity contribution in [3.63, 3.8) is 0 Å². The second-order valence-corrected chi connectivity index (χ2v) is 8.72. The number of aliphatic hydroxyl groups is 1. The Kier molecular flexibility index (Phi) is 6.16. The Labute approximate surface area is 189 Å². The van der Waals surface area contributed by atoms with Crippen molar-refractivity contribution in [1.82, 2.24) is 15.0 Å². The first-order chi connectivity index (χ1) is 15.8. The summed E-state index contributed by atoms with van der Waals surface area (Å²) < 4.78 is 0. The third-order valence-electron chi connectivity index (χ3n) is 6.49. The van der Waals surface area contributed by atoms with Crippen molar-refractivity contribution in [3.05, 3.63) is 71.7 Å². The Balaban J connectivity index is 1.19. The number of anilines is 3. The van der Waals surface area contributed by atoms with Gasteiger partial charge in [-0.15, -0.1) is 0 Å². The summed E-state index contributed by atoms with van der Waals surface area (Å²) in [7, 11) is 0. The smallest absolute Gasteiger partial charge is 0.134 e. The van der Waals surface area contributed by atoms with E-state index in [1.165, 1.54) is 11.1 Å². The van der Waals surface area contributed by atoms with E-state index < -0.39 is 0 Å². The summed E-state index contributed by atoms with van der Waals surface area (Å²) in [6, 6.07) is 14.9. The fourth-order valence-corrected chi connectivity index (χ4v) is 4.63. The lowest BCUT2D eigenvalue weighted by atomic mass is 9.99. The molecular weight excluding hydrogens is 400 g/mol. The second-order valence-electron chi connectivity index (χ2n) is 8.72. The number of nitrogens with one attached hydrogen (secondary N) is 1. The van der Waals surface area contributed by atoms with E-state index in [9.17, 15) is 5.11 Å². The minimum atomic E-state index is 0.236. The van der Waals surface area contributed by atoms with E-state index in [2.05, 4.69) is 61.5 Å². The standard InChI is InChI=1S/C25H30N6O/c32-17-20-4-3-10-30(15-20)25-12-23(28-18-29-25)26-13-19-7-8-24(27-14-19)31-11-9-21-5-1-2-6-22(21)16-31/h1-2,5-8,12,14,18,20,32H,3-4,9-11,13,15-17H2,(H,26,28,29). The number of pyridine rings is 1. The van der Waals surface area contributed by atoms with E-state index in [0.29, 0.717) is 12.5 Å². The molecule has 1 unspecified atom stereocenters. The number of rotatable bonds is 6. The molecule has 3 aromatic rings. The quantitative estimate of drug-likeness (QED) is 0.622. The first-order valence-electron chi connectivity index (χ1n) is 11.5. The highest BCUT2D eigenvalue weighted by Gasteiger charge is 2.20. The summed E-state index contributed by atoms with van der Waals surface area (Å²) in [6.45, 7) is 4.63. The van der Waals surface area contributed by atoms with Crippen molar-refractivity contribution in [1.29, 1.82) is 0 Å². The number of piperidine rings is 1. The number of fused-ring (bicyclic) bond motifs is 1. The van der Waals surface area contributed by atoms with E-state index in [-0.39, 0.29) is 6.61 Å². The fraction of sp³-hybridized carbons (Fsp3) is 0.400. The van der Waals surface area contributed by atoms with E-state index in [0.717, 1.165) is 68.5 Å². The topological polar surface area (TPSA) is 77.4 Å². The number of benzene rings is 1. The summed E-state index contributed by atoms with van der Waals surface area (Å²) in [5.41, 5.74) is 3.96. The molecule has 2 aromatic heterocycles. The third-order valence-corrected chi connectivity index (χ3v) is 6.49. The lowest BCUT2D eigenvalue weighted by Gasteiger charge is -2.32. The van der Waals surface area contributed by atoms with Crippen molar-refractivity contribution in [3.8, 4) is 0 Å². The molecule has 1 aromatic carbocycles. The van der Waals surface area contributed by atoms with E-state index >= 15 is 0 Å². The van der Waals surface area contributed by atoms with Crippen LogP contribution in [0.15, 0.2) is 55.0 Å². The van der Waals surface area contributed by atoms with Crippen LogP contribution >= 0.6 is 0 Å². The number of aromatic nitrogens is 3. The Bertz CT molecular complexity index is 1040. The molecule has 0 spiro atoms. The molecule has 0 amide bonds. The van der Waals surface area contributed by atoms with Crippen molar-refractivity contribution in [2.45, 2.75) is 32.4 Å². The monoisotopic (exact) mass is 430 g/mol. The van der Waals surface area contributed by atoms with Crippen LogP contribution in [0, 0.1) is 5.92 Å².